The molecule has 6 N–H and O–H groups in total. The van der Waals surface area contributed by atoms with Crippen LogP contribution in [0.15, 0.2) is 23.2 Å². The second-order valence-electron chi connectivity index (χ2n) is 5.85. The van der Waals surface area contributed by atoms with Gasteiger partial charge < -0.3 is 26.3 Å². The number of halogens is 3. The third kappa shape index (κ3) is 3.77. The van der Waals surface area contributed by atoms with Crippen LogP contribution in [0.1, 0.15) is 22.7 Å². The number of aromatic nitrogens is 1. The largest absolute Gasteiger partial charge is 0.573 e. The number of nitrogen functional groups attached to an aromatic ring is 2. The van der Waals surface area contributed by atoms with E-state index in [0.29, 0.717) is 0 Å². The summed E-state index contributed by atoms with van der Waals surface area (Å²) in [4.78, 5) is 8.35. The molecule has 30 heavy (non-hydrogen) atoms. The summed E-state index contributed by atoms with van der Waals surface area (Å²) < 4.78 is 47.3. The molecular weight excluding hydrogens is 405 g/mol. The third-order valence-corrected chi connectivity index (χ3v) is 4.09. The van der Waals surface area contributed by atoms with E-state index in [4.69, 9.17) is 21.5 Å². The number of nitrogens with two attached hydrogens (primary N) is 2. The number of pyridine rings is 1. The van der Waals surface area contributed by atoms with Crippen molar-refractivity contribution in [1.82, 2.24) is 10.3 Å². The molecule has 2 aromatic rings. The lowest BCUT2D eigenvalue weighted by Gasteiger charge is -2.27. The average Bonchev–Trinajstić information content (AvgIpc) is 2.66. The molecule has 0 amide bonds. The maximum atomic E-state index is 12.7. The van der Waals surface area contributed by atoms with E-state index in [0.717, 1.165) is 12.1 Å². The minimum Gasteiger partial charge on any atom is -0.496 e. The predicted molar refractivity (Wildman–Crippen MR) is 99.1 cm³/mol. The van der Waals surface area contributed by atoms with Gasteiger partial charge in [-0.15, -0.1) is 13.2 Å². The molecule has 0 bridgehead atoms. The molecule has 0 radical (unpaired) electrons. The molecule has 10 nitrogen and oxygen atoms in total. The first-order valence-corrected chi connectivity index (χ1v) is 8.11. The van der Waals surface area contributed by atoms with Crippen molar-refractivity contribution in [3.05, 3.63) is 34.9 Å². The molecular formula is C17H13F3N8O2. The van der Waals surface area contributed by atoms with Crippen molar-refractivity contribution >= 4 is 23.3 Å². The average molecular weight is 418 g/mol. The first kappa shape index (κ1) is 20.3. The van der Waals surface area contributed by atoms with Crippen LogP contribution in [0.3, 0.4) is 0 Å². The maximum absolute atomic E-state index is 12.7. The number of nitrogens with zero attached hydrogens (tertiary/aromatic N) is 4. The molecule has 2 heterocycles. The van der Waals surface area contributed by atoms with Gasteiger partial charge in [-0.3, -0.25) is 5.32 Å². The number of fused-ring (bicyclic) bond motifs is 1. The quantitative estimate of drug-likeness (QED) is 0.430. The van der Waals surface area contributed by atoms with Gasteiger partial charge in [0.1, 0.15) is 40.8 Å². The first-order valence-electron chi connectivity index (χ1n) is 8.11. The molecule has 0 saturated carbocycles. The van der Waals surface area contributed by atoms with Crippen LogP contribution in [0.2, 0.25) is 0 Å². The van der Waals surface area contributed by atoms with Gasteiger partial charge in [-0.1, -0.05) is 0 Å². The second-order valence-corrected chi connectivity index (χ2v) is 5.85. The SMILES string of the molecule is COc1ccc(OC(F)(F)F)cc1C1N=C(NC#N)Nc2nc(N)c(C#N)c(N)c21. The zero-order valence-electron chi connectivity index (χ0n) is 15.2. The Kier molecular flexibility index (Phi) is 5.12. The Morgan fingerprint density at radius 2 is 2.00 bits per heavy atom. The molecule has 1 aliphatic heterocycles. The number of nitriles is 2. The fourth-order valence-corrected chi connectivity index (χ4v) is 2.93. The molecule has 0 fully saturated rings. The molecule has 1 atom stereocenters. The molecule has 1 aromatic carbocycles. The van der Waals surface area contributed by atoms with Crippen molar-refractivity contribution in [2.24, 2.45) is 4.99 Å². The van der Waals surface area contributed by atoms with Gasteiger partial charge in [0.2, 0.25) is 5.96 Å². The lowest BCUT2D eigenvalue weighted by molar-refractivity contribution is -0.274. The maximum Gasteiger partial charge on any atom is 0.573 e. The Balaban J connectivity index is 2.26. The van der Waals surface area contributed by atoms with E-state index in [2.05, 4.69) is 25.3 Å². The van der Waals surface area contributed by atoms with E-state index in [1.807, 2.05) is 6.07 Å². The number of hydrogen-bond donors (Lipinski definition) is 4. The van der Waals surface area contributed by atoms with Gasteiger partial charge in [-0.25, -0.2) is 9.98 Å². The zero-order chi connectivity index (χ0) is 22.1. The van der Waals surface area contributed by atoms with Crippen molar-refractivity contribution in [3.8, 4) is 23.8 Å². The van der Waals surface area contributed by atoms with Crippen molar-refractivity contribution in [3.63, 3.8) is 0 Å². The Labute approximate surface area is 167 Å². The van der Waals surface area contributed by atoms with Gasteiger partial charge in [-0.2, -0.15) is 10.5 Å². The van der Waals surface area contributed by atoms with Gasteiger partial charge in [0, 0.05) is 11.1 Å². The highest BCUT2D eigenvalue weighted by Gasteiger charge is 2.34. The standard InChI is InChI=1S/C17H13F3N8O2/c1-29-10-3-2-7(30-17(18,19)20)4-8(10)13-11-12(23)9(5-21)14(24)27-15(11)28-16(26-13)25-6-22/h2-4,13H,1H3,(H6,23,24,25,26,27,28). The molecule has 154 valence electrons. The number of alkyl halides is 3. The summed E-state index contributed by atoms with van der Waals surface area (Å²) in [6.07, 6.45) is -3.25. The van der Waals surface area contributed by atoms with E-state index >= 15 is 0 Å². The summed E-state index contributed by atoms with van der Waals surface area (Å²) in [5.41, 5.74) is 12.0. The summed E-state index contributed by atoms with van der Waals surface area (Å²) in [7, 11) is 1.31. The molecule has 13 heteroatoms. The summed E-state index contributed by atoms with van der Waals surface area (Å²) in [6, 6.07) is 4.14. The normalized spacial score (nSPS) is 15.0. The fourth-order valence-electron chi connectivity index (χ4n) is 2.93. The summed E-state index contributed by atoms with van der Waals surface area (Å²) in [6.45, 7) is 0. The number of rotatable bonds is 3. The number of aliphatic imine (C=N–C) groups is 1. The molecule has 3 rings (SSSR count). The molecule has 0 saturated heterocycles. The topological polar surface area (TPSA) is 167 Å². The van der Waals surface area contributed by atoms with Gasteiger partial charge >= 0.3 is 6.36 Å². The third-order valence-electron chi connectivity index (χ3n) is 4.09. The van der Waals surface area contributed by atoms with Crippen LogP contribution in [0.4, 0.5) is 30.5 Å². The number of anilines is 3. The van der Waals surface area contributed by atoms with Crippen LogP contribution in [0, 0.1) is 22.8 Å². The van der Waals surface area contributed by atoms with E-state index in [1.54, 1.807) is 6.19 Å². The lowest BCUT2D eigenvalue weighted by atomic mass is 9.94. The van der Waals surface area contributed by atoms with Crippen LogP contribution in [0.25, 0.3) is 0 Å². The van der Waals surface area contributed by atoms with E-state index in [-0.39, 0.29) is 45.7 Å². The molecule has 1 aliphatic rings. The molecule has 0 aliphatic carbocycles. The Morgan fingerprint density at radius 3 is 2.60 bits per heavy atom. The van der Waals surface area contributed by atoms with Crippen LogP contribution in [-0.2, 0) is 0 Å². The van der Waals surface area contributed by atoms with Crippen LogP contribution < -0.4 is 31.6 Å². The van der Waals surface area contributed by atoms with E-state index in [9.17, 15) is 18.4 Å². The Hall–Kier alpha value is -4.39. The smallest absolute Gasteiger partial charge is 0.496 e. The van der Waals surface area contributed by atoms with Crippen LogP contribution in [0.5, 0.6) is 11.5 Å². The summed E-state index contributed by atoms with van der Waals surface area (Å²) >= 11 is 0. The lowest BCUT2D eigenvalue weighted by Crippen LogP contribution is -2.33. The van der Waals surface area contributed by atoms with Crippen molar-refractivity contribution in [2.45, 2.75) is 12.4 Å². The van der Waals surface area contributed by atoms with Crippen molar-refractivity contribution in [1.29, 1.82) is 10.5 Å². The minimum atomic E-state index is -4.92. The highest BCUT2D eigenvalue weighted by atomic mass is 19.4. The highest BCUT2D eigenvalue weighted by Crippen LogP contribution is 2.44. The van der Waals surface area contributed by atoms with Crippen LogP contribution >= 0.6 is 0 Å². The van der Waals surface area contributed by atoms with Gasteiger partial charge in [0.15, 0.2) is 6.19 Å². The fraction of sp³-hybridized carbons (Fsp3) is 0.176. The first-order chi connectivity index (χ1) is 14.2. The van der Waals surface area contributed by atoms with E-state index in [1.165, 1.54) is 13.2 Å². The zero-order valence-corrected chi connectivity index (χ0v) is 15.2. The minimum absolute atomic E-state index is 0.0600. The van der Waals surface area contributed by atoms with Crippen molar-refractivity contribution < 1.29 is 22.6 Å². The van der Waals surface area contributed by atoms with E-state index < -0.39 is 18.2 Å². The number of ether oxygens (including phenoxy) is 2. The Bertz CT molecular complexity index is 1120. The number of guanidine groups is 1. The Morgan fingerprint density at radius 1 is 1.27 bits per heavy atom. The number of methoxy groups -OCH3 is 1. The van der Waals surface area contributed by atoms with Crippen LogP contribution in [-0.4, -0.2) is 24.4 Å². The number of benzene rings is 1. The molecule has 1 unspecified atom stereocenters. The van der Waals surface area contributed by atoms with Gasteiger partial charge in [-0.05, 0) is 18.2 Å². The number of hydrogen-bond acceptors (Lipinski definition) is 10. The monoisotopic (exact) mass is 418 g/mol. The highest BCUT2D eigenvalue weighted by molar-refractivity contribution is 5.98. The van der Waals surface area contributed by atoms with Gasteiger partial charge in [0.05, 0.1) is 12.8 Å². The van der Waals surface area contributed by atoms with Crippen molar-refractivity contribution in [2.75, 3.05) is 23.9 Å². The predicted octanol–water partition coefficient (Wildman–Crippen LogP) is 1.97. The van der Waals surface area contributed by atoms with Gasteiger partial charge in [0.25, 0.3) is 0 Å². The molecule has 1 aromatic heterocycles. The second kappa shape index (κ2) is 7.56. The molecule has 0 spiro atoms. The number of nitrogens with one attached hydrogen (secondary N) is 2. The summed E-state index contributed by atoms with van der Waals surface area (Å²) in [5.74, 6) is -0.511. The summed E-state index contributed by atoms with van der Waals surface area (Å²) in [5, 5.41) is 23.3.